The molecule has 180 valence electrons. The summed E-state index contributed by atoms with van der Waals surface area (Å²) in [7, 11) is 1.98. The fourth-order valence-electron chi connectivity index (χ4n) is 4.97. The molecule has 7 nitrogen and oxygen atoms in total. The smallest absolute Gasteiger partial charge is 0.257 e. The van der Waals surface area contributed by atoms with Crippen molar-refractivity contribution in [2.45, 2.75) is 62.9 Å². The van der Waals surface area contributed by atoms with Gasteiger partial charge in [0.1, 0.15) is 17.4 Å². The van der Waals surface area contributed by atoms with Crippen molar-refractivity contribution in [1.82, 2.24) is 15.5 Å². The lowest BCUT2D eigenvalue weighted by molar-refractivity contribution is -0.124. The largest absolute Gasteiger partial charge is 0.336 e. The van der Waals surface area contributed by atoms with Crippen LogP contribution in [0.3, 0.4) is 0 Å². The standard InChI is InChI=1S/C24H29F2N5O2.2H2/c1-31-9-7-24(14-27,8-10-31)30-23(33)20(11-15-5-3-2-4-6-15)28-21-16-12-18(25)19(26)13-17(16)22(32)29-21;;/h12-13,15,20H,2-11H2,1H3,(H,30,33)(H,28,29,32);2*1H/t20-;;/m0../s1. The highest BCUT2D eigenvalue weighted by molar-refractivity contribution is 6.23. The molecule has 4 rings (SSSR count). The highest BCUT2D eigenvalue weighted by atomic mass is 19.2. The maximum Gasteiger partial charge on any atom is 0.257 e. The molecule has 9 heteroatoms. The van der Waals surface area contributed by atoms with Crippen molar-refractivity contribution in [2.75, 3.05) is 20.1 Å². The normalized spacial score (nSPS) is 23.0. The number of aliphatic imine (C=N–C) groups is 1. The number of nitriles is 1. The van der Waals surface area contributed by atoms with Gasteiger partial charge in [-0.15, -0.1) is 0 Å². The Bertz CT molecular complexity index is 1020. The van der Waals surface area contributed by atoms with Crippen LogP contribution < -0.4 is 10.6 Å². The molecule has 1 aromatic rings. The molecule has 0 aromatic heterocycles. The molecule has 0 bridgehead atoms. The van der Waals surface area contributed by atoms with E-state index in [1.165, 1.54) is 6.42 Å². The predicted octanol–water partition coefficient (Wildman–Crippen LogP) is 3.39. The number of hydrogen-bond acceptors (Lipinski definition) is 5. The van der Waals surface area contributed by atoms with Crippen LogP contribution in [0.4, 0.5) is 8.78 Å². The number of amidine groups is 1. The Labute approximate surface area is 195 Å². The fourth-order valence-corrected chi connectivity index (χ4v) is 4.97. The number of amides is 2. The highest BCUT2D eigenvalue weighted by Gasteiger charge is 2.38. The molecule has 2 aliphatic heterocycles. The van der Waals surface area contributed by atoms with Gasteiger partial charge in [0.15, 0.2) is 11.6 Å². The van der Waals surface area contributed by atoms with Crippen LogP contribution in [0.1, 0.15) is 70.1 Å². The minimum Gasteiger partial charge on any atom is -0.336 e. The number of carbonyl (C=O) groups excluding carboxylic acids is 2. The first kappa shape index (κ1) is 23.3. The van der Waals surface area contributed by atoms with Crippen LogP contribution in [0.15, 0.2) is 17.1 Å². The molecule has 1 saturated carbocycles. The SMILES string of the molecule is CN1CCC(C#N)(NC(=O)[C@H](CC2CCCCC2)N=C2NC(=O)c3cc(F)c(F)cc32)CC1.[HH].[HH]. The minimum absolute atomic E-state index is 0. The molecule has 2 amide bonds. The molecule has 2 fully saturated rings. The Morgan fingerprint density at radius 2 is 1.91 bits per heavy atom. The van der Waals surface area contributed by atoms with Crippen LogP contribution in [0.2, 0.25) is 0 Å². The Morgan fingerprint density at radius 3 is 2.55 bits per heavy atom. The molecular weight excluding hydrogens is 428 g/mol. The van der Waals surface area contributed by atoms with Gasteiger partial charge in [-0.2, -0.15) is 5.26 Å². The second kappa shape index (κ2) is 9.56. The van der Waals surface area contributed by atoms with E-state index in [2.05, 4.69) is 26.6 Å². The summed E-state index contributed by atoms with van der Waals surface area (Å²) in [5, 5.41) is 15.3. The summed E-state index contributed by atoms with van der Waals surface area (Å²) in [6.07, 6.45) is 6.84. The van der Waals surface area contributed by atoms with Crippen molar-refractivity contribution >= 4 is 17.6 Å². The number of piperidine rings is 1. The van der Waals surface area contributed by atoms with Gasteiger partial charge in [0.05, 0.1) is 11.6 Å². The number of rotatable bonds is 5. The van der Waals surface area contributed by atoms with Crippen molar-refractivity contribution in [3.8, 4) is 6.07 Å². The molecule has 2 heterocycles. The van der Waals surface area contributed by atoms with E-state index in [1.54, 1.807) is 0 Å². The molecule has 3 aliphatic rings. The molecule has 0 radical (unpaired) electrons. The van der Waals surface area contributed by atoms with E-state index in [9.17, 15) is 23.6 Å². The number of fused-ring (bicyclic) bond motifs is 1. The van der Waals surface area contributed by atoms with E-state index in [0.29, 0.717) is 38.3 Å². The van der Waals surface area contributed by atoms with Crippen LogP contribution in [0.5, 0.6) is 0 Å². The van der Waals surface area contributed by atoms with Gasteiger partial charge in [0.2, 0.25) is 5.91 Å². The molecule has 1 aromatic carbocycles. The molecule has 1 atom stereocenters. The zero-order valence-corrected chi connectivity index (χ0v) is 18.8. The first-order valence-corrected chi connectivity index (χ1v) is 11.6. The number of hydrogen-bond donors (Lipinski definition) is 2. The molecular formula is C24H33F2N5O2. The number of likely N-dealkylation sites (tertiary alicyclic amines) is 1. The number of carbonyl (C=O) groups is 2. The van der Waals surface area contributed by atoms with E-state index < -0.39 is 29.1 Å². The molecule has 1 saturated heterocycles. The zero-order chi connectivity index (χ0) is 23.6. The van der Waals surface area contributed by atoms with Crippen molar-refractivity contribution in [3.63, 3.8) is 0 Å². The molecule has 0 unspecified atom stereocenters. The average molecular weight is 462 g/mol. The van der Waals surface area contributed by atoms with Gasteiger partial charge in [-0.3, -0.25) is 14.6 Å². The van der Waals surface area contributed by atoms with Crippen LogP contribution in [0, 0.1) is 28.9 Å². The van der Waals surface area contributed by atoms with Crippen LogP contribution in [0.25, 0.3) is 0 Å². The van der Waals surface area contributed by atoms with Crippen LogP contribution in [-0.2, 0) is 4.79 Å². The van der Waals surface area contributed by atoms with Gasteiger partial charge < -0.3 is 15.5 Å². The Balaban J connectivity index is 0.00000216. The van der Waals surface area contributed by atoms with Crippen molar-refractivity contribution in [1.29, 1.82) is 5.26 Å². The number of nitrogens with one attached hydrogen (secondary N) is 2. The molecule has 1 aliphatic carbocycles. The highest BCUT2D eigenvalue weighted by Crippen LogP contribution is 2.30. The predicted molar refractivity (Wildman–Crippen MR) is 123 cm³/mol. The summed E-state index contributed by atoms with van der Waals surface area (Å²) in [5.74, 6) is -2.77. The van der Waals surface area contributed by atoms with E-state index >= 15 is 0 Å². The summed E-state index contributed by atoms with van der Waals surface area (Å²) in [5.41, 5.74) is -0.816. The van der Waals surface area contributed by atoms with E-state index in [1.807, 2.05) is 7.05 Å². The summed E-state index contributed by atoms with van der Waals surface area (Å²) >= 11 is 0. The second-order valence-corrected chi connectivity index (χ2v) is 9.49. The first-order valence-electron chi connectivity index (χ1n) is 11.6. The number of benzene rings is 1. The third kappa shape index (κ3) is 5.06. The monoisotopic (exact) mass is 461 g/mol. The van der Waals surface area contributed by atoms with Crippen molar-refractivity contribution in [2.24, 2.45) is 10.9 Å². The maximum atomic E-state index is 13.9. The van der Waals surface area contributed by atoms with Gasteiger partial charge in [0.25, 0.3) is 5.91 Å². The summed E-state index contributed by atoms with van der Waals surface area (Å²) in [6, 6.07) is 3.23. The zero-order valence-electron chi connectivity index (χ0n) is 18.8. The lowest BCUT2D eigenvalue weighted by atomic mass is 9.84. The summed E-state index contributed by atoms with van der Waals surface area (Å²) in [4.78, 5) is 32.4. The van der Waals surface area contributed by atoms with E-state index in [-0.39, 0.29) is 25.7 Å². The first-order chi connectivity index (χ1) is 15.8. The van der Waals surface area contributed by atoms with Crippen molar-refractivity contribution < 1.29 is 21.2 Å². The quantitative estimate of drug-likeness (QED) is 0.702. The number of nitrogens with zero attached hydrogens (tertiary/aromatic N) is 3. The third-order valence-corrected chi connectivity index (χ3v) is 7.08. The molecule has 0 spiro atoms. The van der Waals surface area contributed by atoms with Gasteiger partial charge in [0, 0.05) is 21.5 Å². The fraction of sp³-hybridized carbons (Fsp3) is 0.583. The third-order valence-electron chi connectivity index (χ3n) is 7.08. The van der Waals surface area contributed by atoms with Crippen molar-refractivity contribution in [3.05, 3.63) is 34.9 Å². The van der Waals surface area contributed by atoms with Gasteiger partial charge in [-0.25, -0.2) is 8.78 Å². The maximum absolute atomic E-state index is 13.9. The lowest BCUT2D eigenvalue weighted by Gasteiger charge is -2.37. The average Bonchev–Trinajstić information content (AvgIpc) is 3.10. The summed E-state index contributed by atoms with van der Waals surface area (Å²) in [6.45, 7) is 1.40. The molecule has 2 N–H and O–H groups in total. The van der Waals surface area contributed by atoms with E-state index in [0.717, 1.165) is 37.8 Å². The second-order valence-electron chi connectivity index (χ2n) is 9.49. The van der Waals surface area contributed by atoms with Crippen LogP contribution in [-0.4, -0.2) is 54.3 Å². The minimum atomic E-state index is -1.11. The molecule has 33 heavy (non-hydrogen) atoms. The van der Waals surface area contributed by atoms with E-state index in [4.69, 9.17) is 0 Å². The van der Waals surface area contributed by atoms with Crippen LogP contribution >= 0.6 is 0 Å². The Morgan fingerprint density at radius 1 is 1.27 bits per heavy atom. The summed E-state index contributed by atoms with van der Waals surface area (Å²) < 4.78 is 27.5. The number of halogens is 2. The Hall–Kier alpha value is -2.86. The van der Waals surface area contributed by atoms with Gasteiger partial charge in [-0.05, 0) is 44.4 Å². The lowest BCUT2D eigenvalue weighted by Crippen LogP contribution is -2.56. The van der Waals surface area contributed by atoms with Gasteiger partial charge in [-0.1, -0.05) is 32.1 Å². The Kier molecular flexibility index (Phi) is 6.75. The topological polar surface area (TPSA) is 97.6 Å². The van der Waals surface area contributed by atoms with Gasteiger partial charge >= 0.3 is 0 Å².